The van der Waals surface area contributed by atoms with Crippen LogP contribution in [0, 0.1) is 13.8 Å². The molecule has 0 atom stereocenters. The summed E-state index contributed by atoms with van der Waals surface area (Å²) in [5, 5.41) is 0.770. The number of carbonyl (C=O) groups is 10. The van der Waals surface area contributed by atoms with Crippen molar-refractivity contribution in [2.24, 2.45) is 0 Å². The van der Waals surface area contributed by atoms with E-state index in [-0.39, 0.29) is 84.9 Å². The monoisotopic (exact) mass is 2000 g/mol. The van der Waals surface area contributed by atoms with Crippen LogP contribution in [-0.4, -0.2) is 111 Å². The number of ketones is 10. The number of hydrogen-bond donors (Lipinski definition) is 0. The quantitative estimate of drug-likeness (QED) is 0.115. The van der Waals surface area contributed by atoms with Crippen LogP contribution < -0.4 is 37.9 Å². The maximum atomic E-state index is 12.1. The fraction of sp³-hybridized carbons (Fsp3) is 0.320. The number of Topliss-reactive ketones (excluding diaryl/α,β-unsaturated/α-hetero) is 10. The molecule has 0 aromatic heterocycles. The first-order valence-corrected chi connectivity index (χ1v) is 45.5. The van der Waals surface area contributed by atoms with Crippen LogP contribution in [0.15, 0.2) is 151 Å². The van der Waals surface area contributed by atoms with Crippen LogP contribution in [0.25, 0.3) is 0 Å². The summed E-state index contributed by atoms with van der Waals surface area (Å²) in [5.41, 5.74) is 19.3. The molecule has 652 valence electrons. The maximum absolute atomic E-state index is 12.1. The van der Waals surface area contributed by atoms with E-state index < -0.39 is 10.8 Å². The van der Waals surface area contributed by atoms with Crippen molar-refractivity contribution in [2.75, 3.05) is 52.9 Å². The average molecular weight is 2010 g/mol. The van der Waals surface area contributed by atoms with Crippen LogP contribution in [-0.2, 0) is 37.9 Å². The van der Waals surface area contributed by atoms with Gasteiger partial charge in [0.15, 0.2) is 57.8 Å². The lowest BCUT2D eigenvalue weighted by molar-refractivity contribution is 0.100. The molecule has 24 heteroatoms. The highest BCUT2D eigenvalue weighted by Gasteiger charge is 2.58. The van der Waals surface area contributed by atoms with E-state index in [1.54, 1.807) is 77.9 Å². The normalized spacial score (nSPS) is 17.1. The van der Waals surface area contributed by atoms with Gasteiger partial charge in [-0.2, -0.15) is 0 Å². The molecule has 20 rings (SSSR count). The fourth-order valence-electron chi connectivity index (χ4n) is 20.5. The standard InChI is InChI=1S/C25H28O2.C21H20O4.C19H12Br4O4.C19H14Cl2O4.C19H16O4/c1-15(26)17-7-9-19-21(11-17)25(13-23(19,3)4)14-24(5,6)20-10-8-18(16(2)27)12-22(20)25;1-11-5-17-19(7-15(11)13(3)22)24-9-21(17)10-25-20-8-16(14(4)23)12(2)6-18(20)21;1-7(24)13-11(20)3-9-17(15(13)22)26-5-19(9)6-27-18-10(19)4-12(21)14(8(2)25)16(18)23;1-9(22)11-3-17-13(5-15(11)20)19(7-24-17)8-25-18-4-12(10(2)23)16(21)6-14(18)19;1-11(20)13-3-5-15-17(7-13)22-9-19(15)10-23-18-8-14(12(2)21)4-6-16(18)19/h7-12H,13-14H2,1-6H3;5-8H,9-10H2,1-4H3;3-4H,5-6H2,1-2H3;3-6H,7-8H2,1-2H3;3-8H,9-10H2,1-2H3. The zero-order valence-corrected chi connectivity index (χ0v) is 80.7. The molecule has 0 N–H and O–H groups in total. The molecule has 8 heterocycles. The molecule has 18 nitrogen and oxygen atoms in total. The molecule has 8 aliphatic heterocycles. The number of hydrogen-bond acceptors (Lipinski definition) is 18. The van der Waals surface area contributed by atoms with Gasteiger partial charge in [-0.1, -0.05) is 112 Å². The Bertz CT molecular complexity index is 6060. The van der Waals surface area contributed by atoms with Crippen molar-refractivity contribution >= 4 is 145 Å². The zero-order valence-electron chi connectivity index (χ0n) is 72.9. The van der Waals surface area contributed by atoms with Gasteiger partial charge in [-0.25, -0.2) is 0 Å². The van der Waals surface area contributed by atoms with Crippen molar-refractivity contribution in [1.29, 1.82) is 0 Å². The topological polar surface area (TPSA) is 245 Å². The predicted octanol–water partition coefficient (Wildman–Crippen LogP) is 23.4. The van der Waals surface area contributed by atoms with E-state index in [1.807, 2.05) is 86.6 Å². The molecule has 127 heavy (non-hydrogen) atoms. The molecule has 0 amide bonds. The highest BCUT2D eigenvalue weighted by Crippen LogP contribution is 2.64. The van der Waals surface area contributed by atoms with E-state index in [1.165, 1.54) is 49.9 Å². The molecular formula is C103H90Br4Cl2O18. The van der Waals surface area contributed by atoms with Gasteiger partial charge in [-0.3, -0.25) is 47.9 Å². The molecule has 10 aliphatic rings. The Morgan fingerprint density at radius 2 is 0.528 bits per heavy atom. The molecule has 10 aromatic rings. The van der Waals surface area contributed by atoms with Gasteiger partial charge in [0, 0.05) is 115 Å². The Balaban J connectivity index is 0.000000117. The summed E-state index contributed by atoms with van der Waals surface area (Å²) in [6.07, 6.45) is 2.02. The third-order valence-corrected chi connectivity index (χ3v) is 30.2. The third-order valence-electron chi connectivity index (χ3n) is 26.9. The Morgan fingerprint density at radius 3 is 0.827 bits per heavy atom. The molecule has 0 fully saturated rings. The van der Waals surface area contributed by atoms with Crippen molar-refractivity contribution in [3.05, 3.63) is 295 Å². The Kier molecular flexibility index (Phi) is 23.3. The van der Waals surface area contributed by atoms with Crippen LogP contribution in [0.5, 0.6) is 46.0 Å². The first-order chi connectivity index (χ1) is 59.8. The number of fused-ring (bicyclic) bond motifs is 20. The Morgan fingerprint density at radius 1 is 0.268 bits per heavy atom. The predicted molar refractivity (Wildman–Crippen MR) is 498 cm³/mol. The molecule has 0 radical (unpaired) electrons. The van der Waals surface area contributed by atoms with E-state index in [0.29, 0.717) is 148 Å². The summed E-state index contributed by atoms with van der Waals surface area (Å²) in [5.74, 6) is 5.52. The molecule has 0 saturated carbocycles. The van der Waals surface area contributed by atoms with Crippen LogP contribution in [0.4, 0.5) is 0 Å². The number of aryl methyl sites for hydroxylation is 2. The van der Waals surface area contributed by atoms with Gasteiger partial charge in [0.25, 0.3) is 0 Å². The largest absolute Gasteiger partial charge is 0.492 e. The first-order valence-electron chi connectivity index (χ1n) is 41.6. The van der Waals surface area contributed by atoms with Crippen molar-refractivity contribution in [2.45, 2.75) is 162 Å². The minimum atomic E-state index is -0.539. The fourth-order valence-corrected chi connectivity index (χ4v) is 24.7. The number of ether oxygens (including phenoxy) is 8. The van der Waals surface area contributed by atoms with Crippen LogP contribution in [0.2, 0.25) is 10.0 Å². The smallest absolute Gasteiger partial charge is 0.162 e. The third kappa shape index (κ3) is 14.8. The van der Waals surface area contributed by atoms with Gasteiger partial charge in [0.2, 0.25) is 0 Å². The molecule has 0 saturated heterocycles. The highest BCUT2D eigenvalue weighted by atomic mass is 79.9. The van der Waals surface area contributed by atoms with Crippen molar-refractivity contribution < 1.29 is 85.8 Å². The molecule has 2 aliphatic carbocycles. The summed E-state index contributed by atoms with van der Waals surface area (Å²) in [7, 11) is 0. The molecule has 0 unspecified atom stereocenters. The average Bonchev–Trinajstić information content (AvgIpc) is 1.52. The van der Waals surface area contributed by atoms with E-state index in [9.17, 15) is 47.9 Å². The highest BCUT2D eigenvalue weighted by molar-refractivity contribution is 9.11. The first kappa shape index (κ1) is 90.2. The minimum Gasteiger partial charge on any atom is -0.492 e. The lowest BCUT2D eigenvalue weighted by Gasteiger charge is -2.30. The van der Waals surface area contributed by atoms with Crippen LogP contribution >= 0.6 is 86.9 Å². The summed E-state index contributed by atoms with van der Waals surface area (Å²) < 4.78 is 50.1. The van der Waals surface area contributed by atoms with Gasteiger partial charge >= 0.3 is 0 Å². The second-order valence-corrected chi connectivity index (χ2v) is 40.3. The number of halogens is 6. The molecular weight excluding hydrogens is 1920 g/mol. The summed E-state index contributed by atoms with van der Waals surface area (Å²) in [6, 6.07) is 42.2. The van der Waals surface area contributed by atoms with Crippen LogP contribution in [0.3, 0.4) is 0 Å². The van der Waals surface area contributed by atoms with Gasteiger partial charge in [0.1, 0.15) is 98.9 Å². The van der Waals surface area contributed by atoms with E-state index in [4.69, 9.17) is 61.1 Å². The van der Waals surface area contributed by atoms with Gasteiger partial charge in [-0.05, 0) is 277 Å². The second kappa shape index (κ2) is 32.8. The van der Waals surface area contributed by atoms with Crippen molar-refractivity contribution in [3.8, 4) is 46.0 Å². The lowest BCUT2D eigenvalue weighted by Crippen LogP contribution is -2.31. The van der Waals surface area contributed by atoms with E-state index in [2.05, 4.69) is 116 Å². The van der Waals surface area contributed by atoms with Gasteiger partial charge in [0.05, 0.1) is 40.7 Å². The maximum Gasteiger partial charge on any atom is 0.162 e. The van der Waals surface area contributed by atoms with Gasteiger partial charge in [-0.15, -0.1) is 0 Å². The molecule has 5 spiro atoms. The number of carbonyl (C=O) groups excluding carboxylic acids is 10. The second-order valence-electron chi connectivity index (χ2n) is 36.2. The zero-order chi connectivity index (χ0) is 91.5. The molecule has 10 aromatic carbocycles. The Labute approximate surface area is 779 Å². The van der Waals surface area contributed by atoms with Gasteiger partial charge < -0.3 is 37.9 Å². The Hall–Kier alpha value is -10.2. The molecule has 0 bridgehead atoms. The SMILES string of the molecule is CC(=O)c1c(Br)cc2c(c1Br)OCC21COc2c1cc(Br)c(C(C)=O)c2Br.CC(=O)c1cc2c(cc1C)C1(CO2)COc2cc(C(C)=O)c(C)cc21.CC(=O)c1cc2c(cc1Cl)C1(CO2)COc2cc(C(C)=O)c(Cl)cc21.CC(=O)c1ccc2c(c1)C1(CC2(C)C)CC(C)(C)c2ccc(C(C)=O)cc21.CC(=O)c1ccc2c(c1)OCC21COc2cc(C(C)=O)ccc21. The van der Waals surface area contributed by atoms with Crippen LogP contribution in [0.1, 0.15) is 291 Å². The van der Waals surface area contributed by atoms with Crippen molar-refractivity contribution in [1.82, 2.24) is 0 Å². The summed E-state index contributed by atoms with van der Waals surface area (Å²) >= 11 is 26.7. The number of rotatable bonds is 10. The summed E-state index contributed by atoms with van der Waals surface area (Å²) in [4.78, 5) is 118. The minimum absolute atomic E-state index is 0.0199. The summed E-state index contributed by atoms with van der Waals surface area (Å²) in [6.45, 7) is 32.0. The van der Waals surface area contributed by atoms with E-state index in [0.717, 1.165) is 103 Å². The van der Waals surface area contributed by atoms with E-state index >= 15 is 0 Å². The number of benzene rings is 10. The van der Waals surface area contributed by atoms with Crippen molar-refractivity contribution in [3.63, 3.8) is 0 Å². The lowest BCUT2D eigenvalue weighted by atomic mass is 9.72.